The molecule has 0 unspecified atom stereocenters. The molecule has 1 aliphatic rings. The molecule has 4 rings (SSSR count). The predicted octanol–water partition coefficient (Wildman–Crippen LogP) is 3.29. The van der Waals surface area contributed by atoms with Crippen LogP contribution in [0.3, 0.4) is 0 Å². The first-order valence-corrected chi connectivity index (χ1v) is 9.63. The van der Waals surface area contributed by atoms with Crippen LogP contribution in [0.1, 0.15) is 13.3 Å². The topological polar surface area (TPSA) is 96.0 Å². The Hall–Kier alpha value is -3.20. The fourth-order valence-electron chi connectivity index (χ4n) is 3.01. The highest BCUT2D eigenvalue weighted by Gasteiger charge is 2.27. The molecule has 0 bridgehead atoms. The van der Waals surface area contributed by atoms with Crippen molar-refractivity contribution in [3.63, 3.8) is 0 Å². The van der Waals surface area contributed by atoms with Gasteiger partial charge < -0.3 is 14.0 Å². The summed E-state index contributed by atoms with van der Waals surface area (Å²) in [5, 5.41) is 11.0. The molecule has 1 aromatic heterocycles. The third kappa shape index (κ3) is 3.36. The zero-order valence-corrected chi connectivity index (χ0v) is 15.8. The number of thiazole rings is 1. The first kappa shape index (κ1) is 18.2. The number of para-hydroxylation sites is 2. The number of carbonyl (C=O) groups excluding carboxylic acids is 1. The second-order valence-electron chi connectivity index (χ2n) is 6.26. The number of fused-ring (bicyclic) bond motifs is 2. The van der Waals surface area contributed by atoms with Gasteiger partial charge in [-0.05, 0) is 24.6 Å². The van der Waals surface area contributed by atoms with Gasteiger partial charge >= 0.3 is 0 Å². The summed E-state index contributed by atoms with van der Waals surface area (Å²) in [6.07, 6.45) is 0.00480. The van der Waals surface area contributed by atoms with E-state index >= 15 is 0 Å². The highest BCUT2D eigenvalue weighted by molar-refractivity contribution is 7.16. The van der Waals surface area contributed by atoms with Gasteiger partial charge in [0.2, 0.25) is 6.10 Å². The minimum absolute atomic E-state index is 0.0101. The van der Waals surface area contributed by atoms with E-state index in [1.54, 1.807) is 24.3 Å². The van der Waals surface area contributed by atoms with Gasteiger partial charge in [0.05, 0.1) is 15.1 Å². The van der Waals surface area contributed by atoms with E-state index in [0.29, 0.717) is 27.5 Å². The van der Waals surface area contributed by atoms with Gasteiger partial charge in [0.1, 0.15) is 6.61 Å². The number of rotatable bonds is 4. The van der Waals surface area contributed by atoms with Gasteiger partial charge in [-0.1, -0.05) is 30.4 Å². The van der Waals surface area contributed by atoms with Crippen LogP contribution in [-0.4, -0.2) is 28.1 Å². The standard InChI is InChI=1S/C19H17N3O5S/c1-2-9-21-13-8-7-12(22(24)25)10-17(13)28-19(21)20-18(23)16-11-26-14-5-3-4-6-15(14)27-16/h3-8,10,16H,2,9,11H2,1H3/t16-/m1/s1. The summed E-state index contributed by atoms with van der Waals surface area (Å²) < 4.78 is 13.9. The summed E-state index contributed by atoms with van der Waals surface area (Å²) >= 11 is 1.25. The van der Waals surface area contributed by atoms with Crippen molar-refractivity contribution < 1.29 is 19.2 Å². The number of amides is 1. The Labute approximate surface area is 163 Å². The quantitative estimate of drug-likeness (QED) is 0.495. The van der Waals surface area contributed by atoms with Crippen LogP contribution in [0.4, 0.5) is 5.69 Å². The summed E-state index contributed by atoms with van der Waals surface area (Å²) in [4.78, 5) is 28.1. The second kappa shape index (κ2) is 7.43. The number of nitrogens with zero attached hydrogens (tertiary/aromatic N) is 3. The molecule has 28 heavy (non-hydrogen) atoms. The number of hydrogen-bond acceptors (Lipinski definition) is 6. The molecule has 8 nitrogen and oxygen atoms in total. The van der Waals surface area contributed by atoms with Crippen molar-refractivity contribution >= 4 is 33.1 Å². The molecule has 0 fully saturated rings. The second-order valence-corrected chi connectivity index (χ2v) is 7.27. The fourth-order valence-corrected chi connectivity index (χ4v) is 4.10. The minimum atomic E-state index is -0.829. The molecule has 9 heteroatoms. The molecule has 0 N–H and O–H groups in total. The first-order chi connectivity index (χ1) is 13.6. The third-order valence-corrected chi connectivity index (χ3v) is 5.36. The summed E-state index contributed by atoms with van der Waals surface area (Å²) in [5.41, 5.74) is 0.825. The fraction of sp³-hybridized carbons (Fsp3) is 0.263. The Morgan fingerprint density at radius 1 is 1.32 bits per heavy atom. The van der Waals surface area contributed by atoms with E-state index in [2.05, 4.69) is 4.99 Å². The molecule has 3 aromatic rings. The zero-order valence-electron chi connectivity index (χ0n) is 15.0. The number of ether oxygens (including phenoxy) is 2. The van der Waals surface area contributed by atoms with Crippen molar-refractivity contribution in [1.82, 2.24) is 4.57 Å². The first-order valence-electron chi connectivity index (χ1n) is 8.81. The third-order valence-electron chi connectivity index (χ3n) is 4.31. The van der Waals surface area contributed by atoms with Crippen LogP contribution in [-0.2, 0) is 11.3 Å². The molecule has 0 saturated carbocycles. The van der Waals surface area contributed by atoms with Crippen LogP contribution >= 0.6 is 11.3 Å². The van der Waals surface area contributed by atoms with Gasteiger partial charge in [-0.25, -0.2) is 0 Å². The lowest BCUT2D eigenvalue weighted by Crippen LogP contribution is -2.36. The highest BCUT2D eigenvalue weighted by Crippen LogP contribution is 2.31. The number of aromatic nitrogens is 1. The minimum Gasteiger partial charge on any atom is -0.485 e. The number of non-ortho nitro benzene ring substituents is 1. The van der Waals surface area contributed by atoms with E-state index in [9.17, 15) is 14.9 Å². The van der Waals surface area contributed by atoms with Gasteiger partial charge in [0, 0.05) is 18.7 Å². The smallest absolute Gasteiger partial charge is 0.292 e. The van der Waals surface area contributed by atoms with Gasteiger partial charge in [0.15, 0.2) is 16.3 Å². The molecule has 1 atom stereocenters. The Morgan fingerprint density at radius 2 is 2.11 bits per heavy atom. The van der Waals surface area contributed by atoms with Gasteiger partial charge in [0.25, 0.3) is 11.6 Å². The molecule has 144 valence electrons. The van der Waals surface area contributed by atoms with E-state index in [0.717, 1.165) is 11.9 Å². The van der Waals surface area contributed by atoms with Gasteiger partial charge in [-0.3, -0.25) is 14.9 Å². The van der Waals surface area contributed by atoms with Crippen molar-refractivity contribution in [3.05, 3.63) is 57.4 Å². The largest absolute Gasteiger partial charge is 0.485 e. The number of nitro groups is 1. The maximum atomic E-state index is 12.7. The highest BCUT2D eigenvalue weighted by atomic mass is 32.1. The Balaban J connectivity index is 1.71. The van der Waals surface area contributed by atoms with Crippen molar-refractivity contribution in [2.45, 2.75) is 26.0 Å². The Morgan fingerprint density at radius 3 is 2.86 bits per heavy atom. The van der Waals surface area contributed by atoms with Gasteiger partial charge in [-0.15, -0.1) is 0 Å². The summed E-state index contributed by atoms with van der Waals surface area (Å²) in [6.45, 7) is 2.75. The lowest BCUT2D eigenvalue weighted by Gasteiger charge is -2.23. The van der Waals surface area contributed by atoms with E-state index in [4.69, 9.17) is 9.47 Å². The van der Waals surface area contributed by atoms with E-state index in [1.807, 2.05) is 17.6 Å². The van der Waals surface area contributed by atoms with Crippen molar-refractivity contribution in [1.29, 1.82) is 0 Å². The van der Waals surface area contributed by atoms with Crippen LogP contribution in [0, 0.1) is 10.1 Å². The molecular weight excluding hydrogens is 382 g/mol. The number of hydrogen-bond donors (Lipinski definition) is 0. The maximum Gasteiger partial charge on any atom is 0.292 e. The van der Waals surface area contributed by atoms with Crippen LogP contribution in [0.5, 0.6) is 11.5 Å². The lowest BCUT2D eigenvalue weighted by molar-refractivity contribution is -0.384. The van der Waals surface area contributed by atoms with Gasteiger partial charge in [-0.2, -0.15) is 4.99 Å². The molecule has 1 amide bonds. The Kier molecular flexibility index (Phi) is 4.82. The van der Waals surface area contributed by atoms with Crippen molar-refractivity contribution in [3.8, 4) is 11.5 Å². The van der Waals surface area contributed by atoms with E-state index in [1.165, 1.54) is 23.5 Å². The number of aryl methyl sites for hydroxylation is 1. The zero-order chi connectivity index (χ0) is 19.7. The SMILES string of the molecule is CCCn1c(=NC(=O)[C@H]2COc3ccccc3O2)sc2cc([N+](=O)[O-])ccc21. The monoisotopic (exact) mass is 399 g/mol. The van der Waals surface area contributed by atoms with Crippen LogP contribution in [0.25, 0.3) is 10.2 Å². The maximum absolute atomic E-state index is 12.7. The lowest BCUT2D eigenvalue weighted by atomic mass is 10.2. The molecule has 0 saturated heterocycles. The molecule has 2 aromatic carbocycles. The van der Waals surface area contributed by atoms with Crippen molar-refractivity contribution in [2.75, 3.05) is 6.61 Å². The molecule has 0 radical (unpaired) electrons. The summed E-state index contributed by atoms with van der Waals surface area (Å²) in [7, 11) is 0. The molecule has 0 aliphatic carbocycles. The number of benzene rings is 2. The summed E-state index contributed by atoms with van der Waals surface area (Å²) in [6, 6.07) is 11.8. The molecule has 2 heterocycles. The number of carbonyl (C=O) groups is 1. The normalized spacial score (nSPS) is 16.3. The van der Waals surface area contributed by atoms with E-state index in [-0.39, 0.29) is 12.3 Å². The average Bonchev–Trinajstić information content (AvgIpc) is 3.04. The van der Waals surface area contributed by atoms with Crippen LogP contribution in [0.15, 0.2) is 47.5 Å². The number of nitro benzene ring substituents is 1. The molecular formula is C19H17N3O5S. The molecule has 1 aliphatic heterocycles. The van der Waals surface area contributed by atoms with Crippen LogP contribution in [0.2, 0.25) is 0 Å². The average molecular weight is 399 g/mol. The molecule has 0 spiro atoms. The van der Waals surface area contributed by atoms with E-state index < -0.39 is 16.9 Å². The predicted molar refractivity (Wildman–Crippen MR) is 104 cm³/mol. The van der Waals surface area contributed by atoms with Crippen LogP contribution < -0.4 is 14.3 Å². The summed E-state index contributed by atoms with van der Waals surface area (Å²) in [5.74, 6) is 0.665. The Bertz CT molecular complexity index is 1130. The van der Waals surface area contributed by atoms with Crippen molar-refractivity contribution in [2.24, 2.45) is 4.99 Å².